The predicted molar refractivity (Wildman–Crippen MR) is 42.0 cm³/mol. The lowest BCUT2D eigenvalue weighted by Crippen LogP contribution is -2.08. The summed E-state index contributed by atoms with van der Waals surface area (Å²) in [6, 6.07) is 1.40. The van der Waals surface area contributed by atoms with E-state index in [1.807, 2.05) is 0 Å². The third-order valence-electron chi connectivity index (χ3n) is 1.93. The van der Waals surface area contributed by atoms with Gasteiger partial charge in [0.15, 0.2) is 5.78 Å². The number of anilines is 1. The Bertz CT molecular complexity index is 405. The van der Waals surface area contributed by atoms with E-state index in [2.05, 4.69) is 0 Å². The van der Waals surface area contributed by atoms with Gasteiger partial charge in [0.2, 0.25) is 0 Å². The first kappa shape index (κ1) is 7.09. The van der Waals surface area contributed by atoms with Gasteiger partial charge in [-0.2, -0.15) is 0 Å². The normalized spacial score (nSPS) is 14.8. The molecule has 0 bridgehead atoms. The Kier molecular flexibility index (Phi) is 1.30. The zero-order chi connectivity index (χ0) is 8.72. The van der Waals surface area contributed by atoms with Crippen molar-refractivity contribution in [2.45, 2.75) is 12.8 Å². The van der Waals surface area contributed by atoms with Gasteiger partial charge in [-0.25, -0.2) is 4.79 Å². The highest BCUT2D eigenvalue weighted by molar-refractivity contribution is 6.00. The highest BCUT2D eigenvalue weighted by atomic mass is 16.4. The Morgan fingerprint density at radius 2 is 2.08 bits per heavy atom. The van der Waals surface area contributed by atoms with Crippen molar-refractivity contribution in [1.82, 2.24) is 0 Å². The van der Waals surface area contributed by atoms with E-state index in [1.165, 1.54) is 6.07 Å². The van der Waals surface area contributed by atoms with Crippen LogP contribution in [-0.2, 0) is 6.42 Å². The molecule has 1 heterocycles. The van der Waals surface area contributed by atoms with Crippen LogP contribution in [0.1, 0.15) is 22.5 Å². The molecule has 0 unspecified atom stereocenters. The molecule has 0 saturated heterocycles. The summed E-state index contributed by atoms with van der Waals surface area (Å²) < 4.78 is 4.82. The van der Waals surface area contributed by atoms with Crippen molar-refractivity contribution >= 4 is 11.5 Å². The average Bonchev–Trinajstić information content (AvgIpc) is 2.35. The lowest BCUT2D eigenvalue weighted by Gasteiger charge is -1.95. The Hall–Kier alpha value is -1.58. The molecule has 0 amide bonds. The highest BCUT2D eigenvalue weighted by Crippen LogP contribution is 2.21. The minimum absolute atomic E-state index is 0.000417. The van der Waals surface area contributed by atoms with Crippen LogP contribution in [0.5, 0.6) is 0 Å². The monoisotopic (exact) mass is 165 g/mol. The number of aryl methyl sites for hydroxylation is 1. The second-order valence-electron chi connectivity index (χ2n) is 2.75. The number of Topliss-reactive ketones (excluding diaryl/α,β-unsaturated/α-hetero) is 1. The van der Waals surface area contributed by atoms with Gasteiger partial charge in [-0.3, -0.25) is 4.79 Å². The molecule has 62 valence electrons. The first-order valence-electron chi connectivity index (χ1n) is 3.64. The quantitative estimate of drug-likeness (QED) is 0.602. The fraction of sp³-hybridized carbons (Fsp3) is 0.250. The first-order chi connectivity index (χ1) is 5.68. The molecule has 1 aliphatic carbocycles. The van der Waals surface area contributed by atoms with Crippen LogP contribution < -0.4 is 11.4 Å². The Labute approximate surface area is 68.0 Å². The second-order valence-corrected chi connectivity index (χ2v) is 2.75. The van der Waals surface area contributed by atoms with Gasteiger partial charge in [0.1, 0.15) is 11.4 Å². The standard InChI is InChI=1S/C8H7NO3/c9-5-3-4-6(10)1-2-7(4)12-8(5)11/h3H,1-2,9H2. The summed E-state index contributed by atoms with van der Waals surface area (Å²) in [5.74, 6) is 0.472. The van der Waals surface area contributed by atoms with Crippen molar-refractivity contribution in [3.8, 4) is 0 Å². The Balaban J connectivity index is 2.72. The number of rotatable bonds is 0. The van der Waals surface area contributed by atoms with Gasteiger partial charge < -0.3 is 10.2 Å². The highest BCUT2D eigenvalue weighted by Gasteiger charge is 2.22. The maximum absolute atomic E-state index is 11.1. The molecule has 2 rings (SSSR count). The zero-order valence-electron chi connectivity index (χ0n) is 6.29. The van der Waals surface area contributed by atoms with E-state index in [1.54, 1.807) is 0 Å². The van der Waals surface area contributed by atoms with Crippen LogP contribution in [0.2, 0.25) is 0 Å². The van der Waals surface area contributed by atoms with Crippen molar-refractivity contribution in [2.24, 2.45) is 0 Å². The number of hydrogen-bond acceptors (Lipinski definition) is 4. The largest absolute Gasteiger partial charge is 0.426 e. The summed E-state index contributed by atoms with van der Waals surface area (Å²) in [5, 5.41) is 0. The van der Waals surface area contributed by atoms with Crippen LogP contribution in [0.4, 0.5) is 5.69 Å². The summed E-state index contributed by atoms with van der Waals surface area (Å²) >= 11 is 0. The van der Waals surface area contributed by atoms with Gasteiger partial charge in [-0.1, -0.05) is 0 Å². The maximum atomic E-state index is 11.1. The minimum atomic E-state index is -0.552. The zero-order valence-corrected chi connectivity index (χ0v) is 6.29. The van der Waals surface area contributed by atoms with E-state index in [-0.39, 0.29) is 11.5 Å². The molecule has 0 atom stereocenters. The summed E-state index contributed by atoms with van der Waals surface area (Å²) in [7, 11) is 0. The van der Waals surface area contributed by atoms with Crippen LogP contribution in [0.3, 0.4) is 0 Å². The topological polar surface area (TPSA) is 73.3 Å². The number of fused-ring (bicyclic) bond motifs is 1. The van der Waals surface area contributed by atoms with E-state index in [9.17, 15) is 9.59 Å². The molecule has 0 aliphatic heterocycles. The van der Waals surface area contributed by atoms with E-state index < -0.39 is 5.63 Å². The van der Waals surface area contributed by atoms with Gasteiger partial charge in [-0.15, -0.1) is 0 Å². The molecule has 4 nitrogen and oxygen atoms in total. The fourth-order valence-corrected chi connectivity index (χ4v) is 1.30. The summed E-state index contributed by atoms with van der Waals surface area (Å²) in [4.78, 5) is 22.0. The number of carbonyl (C=O) groups excluding carboxylic acids is 1. The number of hydrogen-bond donors (Lipinski definition) is 1. The molecule has 1 aromatic rings. The van der Waals surface area contributed by atoms with Crippen LogP contribution in [0, 0.1) is 0 Å². The third-order valence-corrected chi connectivity index (χ3v) is 1.93. The molecule has 1 aromatic heterocycles. The van der Waals surface area contributed by atoms with Crippen molar-refractivity contribution in [3.63, 3.8) is 0 Å². The molecule has 0 fully saturated rings. The molecular weight excluding hydrogens is 158 g/mol. The van der Waals surface area contributed by atoms with E-state index in [4.69, 9.17) is 10.2 Å². The number of nitrogen functional groups attached to an aromatic ring is 1. The van der Waals surface area contributed by atoms with Crippen molar-refractivity contribution in [1.29, 1.82) is 0 Å². The van der Waals surface area contributed by atoms with Crippen molar-refractivity contribution < 1.29 is 9.21 Å². The van der Waals surface area contributed by atoms with Gasteiger partial charge in [-0.05, 0) is 6.07 Å². The molecule has 0 saturated carbocycles. The molecule has 1 aliphatic rings. The third kappa shape index (κ3) is 0.845. The maximum Gasteiger partial charge on any atom is 0.359 e. The molecule has 12 heavy (non-hydrogen) atoms. The summed E-state index contributed by atoms with van der Waals surface area (Å²) in [5.41, 5.74) is 5.21. The SMILES string of the molecule is Nc1cc2c(oc1=O)CCC2=O. The minimum Gasteiger partial charge on any atom is -0.426 e. The second kappa shape index (κ2) is 2.20. The van der Waals surface area contributed by atoms with Crippen LogP contribution in [0.15, 0.2) is 15.3 Å². The van der Waals surface area contributed by atoms with Gasteiger partial charge in [0.05, 0.1) is 5.56 Å². The van der Waals surface area contributed by atoms with Crippen LogP contribution in [-0.4, -0.2) is 5.78 Å². The summed E-state index contributed by atoms with van der Waals surface area (Å²) in [6.07, 6.45) is 0.936. The molecular formula is C8H7NO3. The Morgan fingerprint density at radius 3 is 2.83 bits per heavy atom. The fourth-order valence-electron chi connectivity index (χ4n) is 1.30. The van der Waals surface area contributed by atoms with Gasteiger partial charge in [0, 0.05) is 12.8 Å². The van der Waals surface area contributed by atoms with Crippen LogP contribution >= 0.6 is 0 Å². The van der Waals surface area contributed by atoms with Gasteiger partial charge >= 0.3 is 5.63 Å². The average molecular weight is 165 g/mol. The first-order valence-corrected chi connectivity index (χ1v) is 3.64. The smallest absolute Gasteiger partial charge is 0.359 e. The van der Waals surface area contributed by atoms with Crippen molar-refractivity contribution in [3.05, 3.63) is 27.8 Å². The molecule has 0 aromatic carbocycles. The lowest BCUT2D eigenvalue weighted by atomic mass is 10.2. The van der Waals surface area contributed by atoms with Crippen LogP contribution in [0.25, 0.3) is 0 Å². The number of nitrogens with two attached hydrogens (primary N) is 1. The van der Waals surface area contributed by atoms with E-state index in [0.717, 1.165) is 0 Å². The molecule has 0 spiro atoms. The number of ketones is 1. The predicted octanol–water partition coefficient (Wildman–Crippen LogP) is 0.351. The lowest BCUT2D eigenvalue weighted by molar-refractivity contribution is 0.0994. The van der Waals surface area contributed by atoms with Crippen molar-refractivity contribution in [2.75, 3.05) is 5.73 Å². The summed E-state index contributed by atoms with van der Waals surface area (Å²) in [6.45, 7) is 0. The molecule has 0 radical (unpaired) electrons. The Morgan fingerprint density at radius 1 is 1.33 bits per heavy atom. The van der Waals surface area contributed by atoms with E-state index >= 15 is 0 Å². The van der Waals surface area contributed by atoms with Gasteiger partial charge in [0.25, 0.3) is 0 Å². The molecule has 4 heteroatoms. The van der Waals surface area contributed by atoms with E-state index in [0.29, 0.717) is 24.2 Å². The number of carbonyl (C=O) groups is 1. The molecule has 2 N–H and O–H groups in total.